The average molecular weight is 190 g/mol. The lowest BCUT2D eigenvalue weighted by molar-refractivity contribution is -0.104. The normalized spacial score (nSPS) is 10.4. The van der Waals surface area contributed by atoms with Crippen LogP contribution in [-0.2, 0) is 4.79 Å². The topological polar surface area (TPSA) is 46.3 Å². The number of rotatable bonds is 3. The van der Waals surface area contributed by atoms with Gasteiger partial charge < -0.3 is 10.6 Å². The van der Waals surface area contributed by atoms with Crippen LogP contribution < -0.4 is 10.6 Å². The smallest absolute Gasteiger partial charge is 0.142 e. The van der Waals surface area contributed by atoms with Crippen molar-refractivity contribution in [3.8, 4) is 0 Å². The van der Waals surface area contributed by atoms with Crippen LogP contribution >= 0.6 is 0 Å². The van der Waals surface area contributed by atoms with E-state index in [0.29, 0.717) is 5.69 Å². The average Bonchev–Trinajstić information content (AvgIpc) is 2.14. The number of allylic oxidation sites excluding steroid dienone is 1. The van der Waals surface area contributed by atoms with E-state index in [1.165, 1.54) is 6.08 Å². The highest BCUT2D eigenvalue weighted by Gasteiger charge is 2.00. The predicted molar refractivity (Wildman–Crippen MR) is 60.3 cm³/mol. The molecule has 0 aliphatic carbocycles. The number of carbonyl (C=O) groups excluding carboxylic acids is 1. The van der Waals surface area contributed by atoms with Crippen molar-refractivity contribution in [2.75, 3.05) is 24.7 Å². The molecule has 74 valence electrons. The summed E-state index contributed by atoms with van der Waals surface area (Å²) in [5.41, 5.74) is 8.45. The molecule has 0 radical (unpaired) electrons. The highest BCUT2D eigenvalue weighted by Crippen LogP contribution is 2.22. The van der Waals surface area contributed by atoms with Gasteiger partial charge in [-0.2, -0.15) is 0 Å². The third-order valence-electron chi connectivity index (χ3n) is 1.90. The van der Waals surface area contributed by atoms with Gasteiger partial charge in [0.2, 0.25) is 0 Å². The minimum atomic E-state index is 0.711. The zero-order valence-electron chi connectivity index (χ0n) is 8.40. The van der Waals surface area contributed by atoms with Gasteiger partial charge in [0, 0.05) is 14.1 Å². The van der Waals surface area contributed by atoms with Crippen molar-refractivity contribution in [1.82, 2.24) is 0 Å². The Bertz CT molecular complexity index is 356. The quantitative estimate of drug-likeness (QED) is 0.447. The molecular weight excluding hydrogens is 176 g/mol. The fourth-order valence-corrected chi connectivity index (χ4v) is 1.23. The molecule has 0 saturated heterocycles. The number of carbonyl (C=O) groups is 1. The Hall–Kier alpha value is -1.77. The number of anilines is 2. The lowest BCUT2D eigenvalue weighted by Gasteiger charge is -2.15. The molecule has 0 bridgehead atoms. The summed E-state index contributed by atoms with van der Waals surface area (Å²) >= 11 is 0. The minimum absolute atomic E-state index is 0.711. The van der Waals surface area contributed by atoms with E-state index >= 15 is 0 Å². The van der Waals surface area contributed by atoms with Gasteiger partial charge >= 0.3 is 0 Å². The maximum atomic E-state index is 10.1. The number of hydrogen-bond acceptors (Lipinski definition) is 3. The Morgan fingerprint density at radius 1 is 1.36 bits per heavy atom. The van der Waals surface area contributed by atoms with Crippen LogP contribution in [0.1, 0.15) is 5.56 Å². The molecule has 0 unspecified atom stereocenters. The fraction of sp³-hybridized carbons (Fsp3) is 0.182. The molecule has 3 nitrogen and oxygen atoms in total. The summed E-state index contributed by atoms with van der Waals surface area (Å²) in [6.07, 6.45) is 3.92. The number of aldehydes is 1. The lowest BCUT2D eigenvalue weighted by atomic mass is 10.1. The first-order valence-electron chi connectivity index (χ1n) is 4.34. The van der Waals surface area contributed by atoms with Crippen LogP contribution in [0.5, 0.6) is 0 Å². The molecule has 0 amide bonds. The molecule has 0 spiro atoms. The first-order chi connectivity index (χ1) is 6.65. The number of nitrogen functional groups attached to an aromatic ring is 1. The minimum Gasteiger partial charge on any atom is -0.397 e. The van der Waals surface area contributed by atoms with E-state index in [0.717, 1.165) is 17.5 Å². The van der Waals surface area contributed by atoms with Crippen LogP contribution in [0, 0.1) is 0 Å². The zero-order chi connectivity index (χ0) is 10.6. The number of nitrogens with zero attached hydrogens (tertiary/aromatic N) is 1. The van der Waals surface area contributed by atoms with Gasteiger partial charge in [0.05, 0.1) is 11.4 Å². The van der Waals surface area contributed by atoms with Gasteiger partial charge in [-0.1, -0.05) is 12.1 Å². The van der Waals surface area contributed by atoms with Gasteiger partial charge in [0.25, 0.3) is 0 Å². The molecule has 1 rings (SSSR count). The molecule has 1 aromatic rings. The standard InChI is InChI=1S/C11H14N2O/c1-13(2)11-6-5-9(4-3-7-14)8-10(11)12/h3-8H,12H2,1-2H3/b4-3+. The van der Waals surface area contributed by atoms with Crippen LogP contribution in [0.3, 0.4) is 0 Å². The molecule has 0 aromatic heterocycles. The molecule has 0 fully saturated rings. The predicted octanol–water partition coefficient (Wildman–Crippen LogP) is 1.55. The van der Waals surface area contributed by atoms with Crippen molar-refractivity contribution < 1.29 is 4.79 Å². The molecule has 0 heterocycles. The molecule has 2 N–H and O–H groups in total. The Morgan fingerprint density at radius 3 is 2.57 bits per heavy atom. The first-order valence-corrected chi connectivity index (χ1v) is 4.34. The van der Waals surface area contributed by atoms with E-state index in [4.69, 9.17) is 5.73 Å². The van der Waals surface area contributed by atoms with Gasteiger partial charge in [-0.3, -0.25) is 4.79 Å². The summed E-state index contributed by atoms with van der Waals surface area (Å²) in [7, 11) is 3.87. The molecule has 0 atom stereocenters. The van der Waals surface area contributed by atoms with Crippen molar-refractivity contribution >= 4 is 23.7 Å². The maximum absolute atomic E-state index is 10.1. The van der Waals surface area contributed by atoms with Gasteiger partial charge in [-0.05, 0) is 23.8 Å². The summed E-state index contributed by atoms with van der Waals surface area (Å²) in [5.74, 6) is 0. The van der Waals surface area contributed by atoms with Crippen molar-refractivity contribution in [3.05, 3.63) is 29.8 Å². The summed E-state index contributed by atoms with van der Waals surface area (Å²) in [4.78, 5) is 12.1. The van der Waals surface area contributed by atoms with E-state index in [-0.39, 0.29) is 0 Å². The van der Waals surface area contributed by atoms with Crippen LogP contribution in [0.2, 0.25) is 0 Å². The van der Waals surface area contributed by atoms with Crippen LogP contribution in [-0.4, -0.2) is 20.4 Å². The van der Waals surface area contributed by atoms with Crippen LogP contribution in [0.15, 0.2) is 24.3 Å². The summed E-state index contributed by atoms with van der Waals surface area (Å²) in [5, 5.41) is 0. The molecule has 0 saturated carbocycles. The molecule has 1 aromatic carbocycles. The third kappa shape index (κ3) is 2.36. The lowest BCUT2D eigenvalue weighted by Crippen LogP contribution is -2.10. The SMILES string of the molecule is CN(C)c1ccc(/C=C/C=O)cc1N. The summed E-state index contributed by atoms with van der Waals surface area (Å²) in [6, 6.07) is 5.70. The molecule has 3 heteroatoms. The van der Waals surface area contributed by atoms with E-state index < -0.39 is 0 Å². The third-order valence-corrected chi connectivity index (χ3v) is 1.90. The van der Waals surface area contributed by atoms with Gasteiger partial charge in [0.1, 0.15) is 6.29 Å². The number of hydrogen-bond donors (Lipinski definition) is 1. The Kier molecular flexibility index (Phi) is 3.29. The highest BCUT2D eigenvalue weighted by atomic mass is 16.1. The zero-order valence-corrected chi connectivity index (χ0v) is 8.40. The molecule has 14 heavy (non-hydrogen) atoms. The Labute approximate surface area is 83.8 Å². The van der Waals surface area contributed by atoms with Crippen LogP contribution in [0.25, 0.3) is 6.08 Å². The van der Waals surface area contributed by atoms with Gasteiger partial charge in [-0.25, -0.2) is 0 Å². The van der Waals surface area contributed by atoms with Gasteiger partial charge in [-0.15, -0.1) is 0 Å². The molecular formula is C11H14N2O. The van der Waals surface area contributed by atoms with Crippen molar-refractivity contribution in [2.24, 2.45) is 0 Å². The second-order valence-corrected chi connectivity index (χ2v) is 3.21. The Morgan fingerprint density at radius 2 is 2.07 bits per heavy atom. The first kappa shape index (κ1) is 10.3. The van der Waals surface area contributed by atoms with E-state index in [2.05, 4.69) is 0 Å². The Balaban J connectivity index is 3.00. The number of benzene rings is 1. The van der Waals surface area contributed by atoms with Crippen molar-refractivity contribution in [1.29, 1.82) is 0 Å². The summed E-state index contributed by atoms with van der Waals surface area (Å²) in [6.45, 7) is 0. The summed E-state index contributed by atoms with van der Waals surface area (Å²) < 4.78 is 0. The van der Waals surface area contributed by atoms with E-state index in [1.807, 2.05) is 37.2 Å². The second-order valence-electron chi connectivity index (χ2n) is 3.21. The van der Waals surface area contributed by atoms with Crippen molar-refractivity contribution in [3.63, 3.8) is 0 Å². The largest absolute Gasteiger partial charge is 0.397 e. The second kappa shape index (κ2) is 4.46. The number of nitrogens with two attached hydrogens (primary N) is 1. The van der Waals surface area contributed by atoms with E-state index in [1.54, 1.807) is 6.08 Å². The van der Waals surface area contributed by atoms with E-state index in [9.17, 15) is 4.79 Å². The molecule has 0 aliphatic heterocycles. The maximum Gasteiger partial charge on any atom is 0.142 e. The molecule has 0 aliphatic rings. The highest BCUT2D eigenvalue weighted by molar-refractivity contribution is 5.77. The van der Waals surface area contributed by atoms with Crippen LogP contribution in [0.4, 0.5) is 11.4 Å². The monoisotopic (exact) mass is 190 g/mol. The van der Waals surface area contributed by atoms with Gasteiger partial charge in [0.15, 0.2) is 0 Å². The fourth-order valence-electron chi connectivity index (χ4n) is 1.23. The van der Waals surface area contributed by atoms with Crippen molar-refractivity contribution in [2.45, 2.75) is 0 Å².